The molecule has 5 heteroatoms. The molecule has 0 aliphatic heterocycles. The van der Waals surface area contributed by atoms with E-state index in [1.165, 1.54) is 51.7 Å². The second-order valence-corrected chi connectivity index (χ2v) is 25.0. The van der Waals surface area contributed by atoms with E-state index in [9.17, 15) is 0 Å². The number of rotatable bonds is 4. The number of aromatic nitrogens is 2. The van der Waals surface area contributed by atoms with Gasteiger partial charge in [0.25, 0.3) is 0 Å². The molecule has 0 amide bonds. The number of benzene rings is 5. The fraction of sp³-hybridized carbons (Fsp3) is 0.163. The molecule has 0 spiro atoms. The molecular formula is C43H38GeIrN2S-2. The van der Waals surface area contributed by atoms with Crippen LogP contribution in [0.4, 0.5) is 0 Å². The molecule has 8 aromatic rings. The molecule has 0 aliphatic carbocycles. The molecule has 0 aliphatic rings. The average Bonchev–Trinajstić information content (AvgIpc) is 3.47. The summed E-state index contributed by atoms with van der Waals surface area (Å²) in [5, 5.41) is 7.64. The first-order valence-electron chi connectivity index (χ1n) is 16.6. The Kier molecular flexibility index (Phi) is 9.62. The molecule has 48 heavy (non-hydrogen) atoms. The van der Waals surface area contributed by atoms with Crippen molar-refractivity contribution in [2.75, 3.05) is 0 Å². The van der Waals surface area contributed by atoms with Crippen LogP contribution in [0.5, 0.6) is 0 Å². The molecular weight excluding hydrogens is 841 g/mol. The van der Waals surface area contributed by atoms with Gasteiger partial charge in [0.1, 0.15) is 0 Å². The van der Waals surface area contributed by atoms with Crippen LogP contribution in [0.25, 0.3) is 64.2 Å². The van der Waals surface area contributed by atoms with E-state index in [1.807, 2.05) is 67.8 Å². The van der Waals surface area contributed by atoms with Gasteiger partial charge in [0, 0.05) is 37.8 Å². The Morgan fingerprint density at radius 3 is 2.23 bits per heavy atom. The molecule has 3 aromatic heterocycles. The van der Waals surface area contributed by atoms with Gasteiger partial charge < -0.3 is 4.98 Å². The minimum absolute atomic E-state index is 0. The van der Waals surface area contributed by atoms with E-state index >= 15 is 0 Å². The van der Waals surface area contributed by atoms with Crippen LogP contribution in [0.15, 0.2) is 116 Å². The minimum atomic E-state index is -1.77. The summed E-state index contributed by atoms with van der Waals surface area (Å²) in [5.41, 5.74) is 6.32. The van der Waals surface area contributed by atoms with Gasteiger partial charge >= 0.3 is 106 Å². The maximum Gasteiger partial charge on any atom is 0.0346 e. The van der Waals surface area contributed by atoms with Crippen molar-refractivity contribution in [3.63, 3.8) is 0 Å². The molecule has 2 nitrogen and oxygen atoms in total. The van der Waals surface area contributed by atoms with Gasteiger partial charge in [-0.15, -0.1) is 23.8 Å². The Balaban J connectivity index is 0.000000198. The third kappa shape index (κ3) is 6.64. The van der Waals surface area contributed by atoms with Crippen molar-refractivity contribution in [2.24, 2.45) is 0 Å². The van der Waals surface area contributed by atoms with Gasteiger partial charge in [-0.05, 0) is 43.9 Å². The van der Waals surface area contributed by atoms with Crippen LogP contribution >= 0.6 is 11.3 Å². The van der Waals surface area contributed by atoms with E-state index in [1.54, 1.807) is 0 Å². The van der Waals surface area contributed by atoms with E-state index < -0.39 is 19.2 Å². The Morgan fingerprint density at radius 1 is 0.729 bits per heavy atom. The zero-order valence-electron chi connectivity index (χ0n) is 29.1. The summed E-state index contributed by atoms with van der Waals surface area (Å²) < 4.78 is 12.4. The van der Waals surface area contributed by atoms with E-state index in [0.717, 1.165) is 28.1 Å². The first-order valence-corrected chi connectivity index (χ1v) is 24.2. The van der Waals surface area contributed by atoms with Crippen molar-refractivity contribution in [2.45, 2.75) is 43.9 Å². The summed E-state index contributed by atoms with van der Waals surface area (Å²) in [4.78, 5) is 9.24. The van der Waals surface area contributed by atoms with Gasteiger partial charge in [-0.25, -0.2) is 0 Å². The van der Waals surface area contributed by atoms with Crippen molar-refractivity contribution in [1.29, 1.82) is 0 Å². The fourth-order valence-electron chi connectivity index (χ4n) is 6.40. The van der Waals surface area contributed by atoms with Crippen LogP contribution in [-0.2, 0) is 20.1 Å². The molecule has 0 bridgehead atoms. The first-order chi connectivity index (χ1) is 23.0. The summed E-state index contributed by atoms with van der Waals surface area (Å²) in [6, 6.07) is 42.5. The Hall–Kier alpha value is -3.67. The zero-order chi connectivity index (χ0) is 33.6. The summed E-state index contributed by atoms with van der Waals surface area (Å²) in [6.07, 6.45) is 3.88. The topological polar surface area (TPSA) is 25.8 Å². The van der Waals surface area contributed by atoms with Gasteiger partial charge in [0.15, 0.2) is 0 Å². The van der Waals surface area contributed by atoms with Crippen LogP contribution < -0.4 is 4.40 Å². The normalized spacial score (nSPS) is 12.1. The van der Waals surface area contributed by atoms with Gasteiger partial charge in [-0.3, -0.25) is 0 Å². The van der Waals surface area contributed by atoms with Gasteiger partial charge in [-0.1, -0.05) is 79.4 Å². The van der Waals surface area contributed by atoms with Crippen LogP contribution in [0.2, 0.25) is 17.3 Å². The Bertz CT molecular complexity index is 2440. The van der Waals surface area contributed by atoms with Crippen molar-refractivity contribution in [3.05, 3.63) is 139 Å². The molecule has 0 unspecified atom stereocenters. The number of pyridine rings is 2. The fourth-order valence-corrected chi connectivity index (χ4v) is 11.4. The molecule has 0 N–H and O–H groups in total. The quantitative estimate of drug-likeness (QED) is 0.1000. The van der Waals surface area contributed by atoms with Crippen LogP contribution in [0.1, 0.15) is 32.2 Å². The molecule has 0 saturated carbocycles. The van der Waals surface area contributed by atoms with Crippen molar-refractivity contribution in [1.82, 2.24) is 9.97 Å². The monoisotopic (exact) mass is 882 g/mol. The van der Waals surface area contributed by atoms with Gasteiger partial charge in [-0.2, -0.15) is 11.3 Å². The van der Waals surface area contributed by atoms with Crippen LogP contribution in [-0.4, -0.2) is 23.2 Å². The van der Waals surface area contributed by atoms with Gasteiger partial charge in [0.05, 0.1) is 0 Å². The number of hydrogen-bond donors (Lipinski definition) is 0. The van der Waals surface area contributed by atoms with E-state index in [0.29, 0.717) is 0 Å². The molecule has 0 atom stereocenters. The standard InChI is InChI=1S/C28H20NS.C15H18GeN.Ir/c1-17(2)20-14-15-29-25(16-20)24-9-5-8-22-23-13-12-19-11-10-18-6-3-4-7-21(18)26(19)28(23)30-27(22)24;1-12-10-15(13-8-6-5-7-9-13)17-11-14(12)16(2,3)4;/h3-8,10-17H,1-2H3;5-8,10-11H,1-4H3;/q2*-1;/i17D;;. The van der Waals surface area contributed by atoms with E-state index in [4.69, 9.17) is 1.37 Å². The summed E-state index contributed by atoms with van der Waals surface area (Å²) in [5.74, 6) is 6.54. The number of thiophene rings is 1. The van der Waals surface area contributed by atoms with E-state index in [-0.39, 0.29) is 20.1 Å². The number of fused-ring (bicyclic) bond motifs is 7. The molecule has 0 saturated heterocycles. The molecule has 241 valence electrons. The maximum atomic E-state index is 8.41. The molecule has 5 aromatic carbocycles. The largest absolute Gasteiger partial charge is 0.305 e. The summed E-state index contributed by atoms with van der Waals surface area (Å²) in [6.45, 7) is 6.01. The summed E-state index contributed by atoms with van der Waals surface area (Å²) in [7, 11) is 0. The maximum absolute atomic E-state index is 8.41. The van der Waals surface area contributed by atoms with Gasteiger partial charge in [0.2, 0.25) is 0 Å². The molecule has 3 heterocycles. The predicted octanol–water partition coefficient (Wildman–Crippen LogP) is 11.7. The molecule has 1 radical (unpaired) electrons. The summed E-state index contributed by atoms with van der Waals surface area (Å²) >= 11 is 0.0501. The third-order valence-corrected chi connectivity index (χ3v) is 14.5. The molecule has 8 rings (SSSR count). The SMILES string of the molecule is Cc1cc(-c2[c-]cccc2)nc[c]1[Ge]([CH3])([CH3])[CH3].[2H]C(C)(C)c1ccnc(-c2[c-]ccc3c2sc2c3ccc3ccc4ccccc4c32)c1.[Ir]. The van der Waals surface area contributed by atoms with Crippen molar-refractivity contribution >= 4 is 70.7 Å². The minimum Gasteiger partial charge on any atom is -0.305 e. The Morgan fingerprint density at radius 2 is 1.48 bits per heavy atom. The Labute approximate surface area is 305 Å². The zero-order valence-corrected chi connectivity index (χ0v) is 33.4. The van der Waals surface area contributed by atoms with Crippen LogP contribution in [0, 0.1) is 19.1 Å². The first kappa shape index (κ1) is 32.9. The second kappa shape index (κ2) is 14.1. The molecule has 0 fully saturated rings. The van der Waals surface area contributed by atoms with E-state index in [2.05, 4.69) is 119 Å². The predicted molar refractivity (Wildman–Crippen MR) is 207 cm³/mol. The average molecular weight is 881 g/mol. The number of aryl methyl sites for hydroxylation is 1. The second-order valence-electron chi connectivity index (χ2n) is 13.4. The van der Waals surface area contributed by atoms with Crippen LogP contribution in [0.3, 0.4) is 0 Å². The number of nitrogens with zero attached hydrogens (tertiary/aromatic N) is 2. The van der Waals surface area contributed by atoms with Crippen molar-refractivity contribution < 1.29 is 21.5 Å². The number of hydrogen-bond acceptors (Lipinski definition) is 3. The van der Waals surface area contributed by atoms with Crippen molar-refractivity contribution in [3.8, 4) is 22.5 Å². The smallest absolute Gasteiger partial charge is 0.0346 e. The third-order valence-electron chi connectivity index (χ3n) is 8.80.